The highest BCUT2D eigenvalue weighted by Crippen LogP contribution is 2.25. The molecule has 0 radical (unpaired) electrons. The fourth-order valence-electron chi connectivity index (χ4n) is 2.71. The highest BCUT2D eigenvalue weighted by atomic mass is 16.5. The van der Waals surface area contributed by atoms with Crippen LogP contribution in [0.2, 0.25) is 0 Å². The number of para-hydroxylation sites is 2. The lowest BCUT2D eigenvalue weighted by atomic mass is 10.1. The Hall–Kier alpha value is -2.89. The van der Waals surface area contributed by atoms with E-state index in [0.29, 0.717) is 29.3 Å². The molecule has 0 aliphatic carbocycles. The Balaban J connectivity index is 1.94. The average Bonchev–Trinajstić information content (AvgIpc) is 2.99. The molecule has 0 saturated carbocycles. The number of aryl methyl sites for hydroxylation is 1. The van der Waals surface area contributed by atoms with Gasteiger partial charge in [-0.3, -0.25) is 4.79 Å². The van der Waals surface area contributed by atoms with Crippen molar-refractivity contribution in [2.24, 2.45) is 0 Å². The second kappa shape index (κ2) is 6.93. The number of anilines is 1. The van der Waals surface area contributed by atoms with E-state index < -0.39 is 0 Å². The molecule has 0 unspecified atom stereocenters. The van der Waals surface area contributed by atoms with Gasteiger partial charge in [0.15, 0.2) is 5.65 Å². The van der Waals surface area contributed by atoms with Gasteiger partial charge in [-0.05, 0) is 45.9 Å². The number of carbonyl (C=O) groups is 1. The summed E-state index contributed by atoms with van der Waals surface area (Å²) in [6.07, 6.45) is 1.74. The van der Waals surface area contributed by atoms with Crippen LogP contribution in [0.5, 0.6) is 5.75 Å². The highest BCUT2D eigenvalue weighted by Gasteiger charge is 2.16. The number of hydrogen-bond acceptors (Lipinski definition) is 4. The predicted octanol–water partition coefficient (Wildman–Crippen LogP) is 3.97. The third-order valence-corrected chi connectivity index (χ3v) is 3.93. The number of pyridine rings is 1. The largest absolute Gasteiger partial charge is 0.492 e. The minimum absolute atomic E-state index is 0.210. The Labute approximate surface area is 146 Å². The number of nitrogens with one attached hydrogen (secondary N) is 1. The quantitative estimate of drug-likeness (QED) is 0.764. The molecule has 25 heavy (non-hydrogen) atoms. The summed E-state index contributed by atoms with van der Waals surface area (Å²) in [4.78, 5) is 17.3. The average molecular weight is 338 g/mol. The number of amides is 1. The van der Waals surface area contributed by atoms with E-state index in [9.17, 15) is 4.79 Å². The highest BCUT2D eigenvalue weighted by molar-refractivity contribution is 6.07. The lowest BCUT2D eigenvalue weighted by Crippen LogP contribution is -2.15. The van der Waals surface area contributed by atoms with Crippen molar-refractivity contribution in [1.82, 2.24) is 14.8 Å². The Morgan fingerprint density at radius 3 is 2.80 bits per heavy atom. The van der Waals surface area contributed by atoms with Crippen LogP contribution in [-0.4, -0.2) is 27.3 Å². The SMILES string of the molecule is CCOc1ccccc1NC(=O)c1cc2cnn(C(C)C)c2nc1C. The summed E-state index contributed by atoms with van der Waals surface area (Å²) in [6.45, 7) is 8.38. The second-order valence-corrected chi connectivity index (χ2v) is 6.10. The summed E-state index contributed by atoms with van der Waals surface area (Å²) < 4.78 is 7.42. The Morgan fingerprint density at radius 1 is 1.32 bits per heavy atom. The van der Waals surface area contributed by atoms with Crippen LogP contribution in [0.25, 0.3) is 11.0 Å². The summed E-state index contributed by atoms with van der Waals surface area (Å²) in [7, 11) is 0. The van der Waals surface area contributed by atoms with E-state index in [0.717, 1.165) is 11.0 Å². The maximum Gasteiger partial charge on any atom is 0.257 e. The van der Waals surface area contributed by atoms with Crippen molar-refractivity contribution in [2.75, 3.05) is 11.9 Å². The van der Waals surface area contributed by atoms with Crippen molar-refractivity contribution in [3.8, 4) is 5.75 Å². The van der Waals surface area contributed by atoms with E-state index >= 15 is 0 Å². The number of ether oxygens (including phenoxy) is 1. The molecule has 0 aliphatic heterocycles. The molecule has 3 aromatic rings. The second-order valence-electron chi connectivity index (χ2n) is 6.10. The zero-order valence-electron chi connectivity index (χ0n) is 14.9. The van der Waals surface area contributed by atoms with Gasteiger partial charge < -0.3 is 10.1 Å². The Morgan fingerprint density at radius 2 is 2.08 bits per heavy atom. The first-order chi connectivity index (χ1) is 12.0. The van der Waals surface area contributed by atoms with Crippen molar-refractivity contribution in [2.45, 2.75) is 33.7 Å². The molecule has 2 aromatic heterocycles. The van der Waals surface area contributed by atoms with Crippen LogP contribution >= 0.6 is 0 Å². The number of aromatic nitrogens is 3. The summed E-state index contributed by atoms with van der Waals surface area (Å²) in [6, 6.07) is 9.43. The van der Waals surface area contributed by atoms with Gasteiger partial charge in [0, 0.05) is 11.4 Å². The van der Waals surface area contributed by atoms with E-state index in [4.69, 9.17) is 4.74 Å². The van der Waals surface area contributed by atoms with Gasteiger partial charge in [-0.15, -0.1) is 0 Å². The first-order valence-electron chi connectivity index (χ1n) is 8.39. The van der Waals surface area contributed by atoms with Gasteiger partial charge in [-0.2, -0.15) is 5.10 Å². The topological polar surface area (TPSA) is 69.0 Å². The molecular weight excluding hydrogens is 316 g/mol. The molecule has 0 saturated heterocycles. The molecule has 2 heterocycles. The Kier molecular flexibility index (Phi) is 4.70. The van der Waals surface area contributed by atoms with Gasteiger partial charge in [0.25, 0.3) is 5.91 Å². The zero-order chi connectivity index (χ0) is 18.0. The van der Waals surface area contributed by atoms with Crippen LogP contribution in [-0.2, 0) is 0 Å². The number of nitrogens with zero attached hydrogens (tertiary/aromatic N) is 3. The fraction of sp³-hybridized carbons (Fsp3) is 0.316. The molecule has 0 spiro atoms. The van der Waals surface area contributed by atoms with Crippen LogP contribution < -0.4 is 10.1 Å². The molecule has 6 nitrogen and oxygen atoms in total. The van der Waals surface area contributed by atoms with Crippen LogP contribution in [0.1, 0.15) is 42.9 Å². The first kappa shape index (κ1) is 17.0. The van der Waals surface area contributed by atoms with Crippen LogP contribution in [0.15, 0.2) is 36.5 Å². The fourth-order valence-corrected chi connectivity index (χ4v) is 2.71. The predicted molar refractivity (Wildman–Crippen MR) is 98.2 cm³/mol. The van der Waals surface area contributed by atoms with Gasteiger partial charge in [-0.1, -0.05) is 12.1 Å². The molecular formula is C19H22N4O2. The zero-order valence-corrected chi connectivity index (χ0v) is 14.9. The summed E-state index contributed by atoms with van der Waals surface area (Å²) in [5, 5.41) is 8.13. The van der Waals surface area contributed by atoms with Crippen molar-refractivity contribution in [3.63, 3.8) is 0 Å². The number of fused-ring (bicyclic) bond motifs is 1. The van der Waals surface area contributed by atoms with Gasteiger partial charge in [-0.25, -0.2) is 9.67 Å². The number of benzene rings is 1. The van der Waals surface area contributed by atoms with E-state index in [2.05, 4.69) is 29.2 Å². The van der Waals surface area contributed by atoms with Crippen molar-refractivity contribution < 1.29 is 9.53 Å². The molecule has 1 amide bonds. The maximum atomic E-state index is 12.7. The first-order valence-corrected chi connectivity index (χ1v) is 8.39. The number of rotatable bonds is 5. The molecule has 0 atom stereocenters. The third kappa shape index (κ3) is 3.33. The Bertz CT molecular complexity index is 915. The van der Waals surface area contributed by atoms with Gasteiger partial charge in [0.2, 0.25) is 0 Å². The maximum absolute atomic E-state index is 12.7. The normalized spacial score (nSPS) is 11.1. The molecule has 3 rings (SSSR count). The van der Waals surface area contributed by atoms with Gasteiger partial charge in [0.05, 0.1) is 29.7 Å². The van der Waals surface area contributed by atoms with Crippen LogP contribution in [0.3, 0.4) is 0 Å². The minimum atomic E-state index is -0.212. The number of hydrogen-bond donors (Lipinski definition) is 1. The molecule has 0 bridgehead atoms. The molecule has 1 N–H and O–H groups in total. The van der Waals surface area contributed by atoms with Gasteiger partial charge in [0.1, 0.15) is 5.75 Å². The third-order valence-electron chi connectivity index (χ3n) is 3.93. The van der Waals surface area contributed by atoms with Gasteiger partial charge >= 0.3 is 0 Å². The monoisotopic (exact) mass is 338 g/mol. The van der Waals surface area contributed by atoms with E-state index in [1.807, 2.05) is 48.9 Å². The van der Waals surface area contributed by atoms with E-state index in [-0.39, 0.29) is 11.9 Å². The smallest absolute Gasteiger partial charge is 0.257 e. The standard InChI is InChI=1S/C19H22N4O2/c1-5-25-17-9-7-6-8-16(17)22-19(24)15-10-14-11-20-23(12(2)3)18(14)21-13(15)4/h6-12H,5H2,1-4H3,(H,22,24). The summed E-state index contributed by atoms with van der Waals surface area (Å²) in [5.74, 6) is 0.439. The molecule has 0 aliphatic rings. The van der Waals surface area contributed by atoms with Crippen LogP contribution in [0, 0.1) is 6.92 Å². The molecule has 0 fully saturated rings. The molecule has 1 aromatic carbocycles. The lowest BCUT2D eigenvalue weighted by Gasteiger charge is -2.12. The minimum Gasteiger partial charge on any atom is -0.492 e. The van der Waals surface area contributed by atoms with Crippen LogP contribution in [0.4, 0.5) is 5.69 Å². The number of carbonyl (C=O) groups excluding carboxylic acids is 1. The summed E-state index contributed by atoms with van der Waals surface area (Å²) in [5.41, 5.74) is 2.63. The van der Waals surface area contributed by atoms with Crippen molar-refractivity contribution in [3.05, 3.63) is 47.8 Å². The van der Waals surface area contributed by atoms with E-state index in [1.54, 1.807) is 6.20 Å². The summed E-state index contributed by atoms with van der Waals surface area (Å²) >= 11 is 0. The molecule has 130 valence electrons. The van der Waals surface area contributed by atoms with Crippen molar-refractivity contribution in [1.29, 1.82) is 0 Å². The van der Waals surface area contributed by atoms with Crippen molar-refractivity contribution >= 4 is 22.6 Å². The lowest BCUT2D eigenvalue weighted by molar-refractivity contribution is 0.102. The molecule has 6 heteroatoms. The van der Waals surface area contributed by atoms with E-state index in [1.165, 1.54) is 0 Å².